The molecular weight excluding hydrogens is 330 g/mol. The number of hydrogen-bond acceptors (Lipinski definition) is 5. The van der Waals surface area contributed by atoms with Crippen molar-refractivity contribution in [1.82, 2.24) is 15.1 Å². The maximum atomic E-state index is 12.7. The van der Waals surface area contributed by atoms with E-state index in [-0.39, 0.29) is 18.6 Å². The molecule has 0 unspecified atom stereocenters. The normalized spacial score (nSPS) is 25.6. The molecule has 3 atom stereocenters. The predicted molar refractivity (Wildman–Crippen MR) is 96.5 cm³/mol. The highest BCUT2D eigenvalue weighted by Gasteiger charge is 2.39. The fourth-order valence-corrected chi connectivity index (χ4v) is 4.39. The SMILES string of the molecule is C[C@@H]1CCN(C(=O)COc2nnc(-c3ccccc3)o2)[C@H]2CCCC[C@H]12. The fraction of sp³-hybridized carbons (Fsp3) is 0.550. The summed E-state index contributed by atoms with van der Waals surface area (Å²) in [6.45, 7) is 3.10. The van der Waals surface area contributed by atoms with Crippen LogP contribution in [0.5, 0.6) is 6.08 Å². The molecule has 4 rings (SSSR count). The van der Waals surface area contributed by atoms with Crippen LogP contribution in [0.15, 0.2) is 34.7 Å². The van der Waals surface area contributed by atoms with Crippen LogP contribution >= 0.6 is 0 Å². The van der Waals surface area contributed by atoms with Gasteiger partial charge in [-0.05, 0) is 43.2 Å². The van der Waals surface area contributed by atoms with Crippen molar-refractivity contribution in [2.45, 2.75) is 45.1 Å². The first-order valence-corrected chi connectivity index (χ1v) is 9.53. The highest BCUT2D eigenvalue weighted by atomic mass is 16.6. The molecule has 0 N–H and O–H groups in total. The summed E-state index contributed by atoms with van der Waals surface area (Å²) in [4.78, 5) is 14.7. The molecule has 2 heterocycles. The van der Waals surface area contributed by atoms with Gasteiger partial charge in [0.15, 0.2) is 6.61 Å². The first kappa shape index (κ1) is 17.1. The van der Waals surface area contributed by atoms with Crippen molar-refractivity contribution in [3.63, 3.8) is 0 Å². The van der Waals surface area contributed by atoms with Gasteiger partial charge in [0.25, 0.3) is 11.8 Å². The second-order valence-electron chi connectivity index (χ2n) is 7.40. The van der Waals surface area contributed by atoms with E-state index in [2.05, 4.69) is 17.1 Å². The Bertz CT molecular complexity index is 746. The van der Waals surface area contributed by atoms with Gasteiger partial charge in [0, 0.05) is 18.2 Å². The minimum atomic E-state index is -0.0476. The number of hydrogen-bond donors (Lipinski definition) is 0. The standard InChI is InChI=1S/C20H25N3O3/c1-14-11-12-23(17-10-6-5-9-16(14)17)18(24)13-25-20-22-21-19(26-20)15-7-3-2-4-8-15/h2-4,7-8,14,16-17H,5-6,9-13H2,1H3/t14-,16-,17+/m1/s1. The Morgan fingerprint density at radius 2 is 2.00 bits per heavy atom. The molecule has 0 spiro atoms. The molecule has 1 aliphatic carbocycles. The summed E-state index contributed by atoms with van der Waals surface area (Å²) in [5.74, 6) is 1.75. The number of likely N-dealkylation sites (tertiary alicyclic amines) is 1. The highest BCUT2D eigenvalue weighted by molar-refractivity contribution is 5.78. The number of nitrogens with zero attached hydrogens (tertiary/aromatic N) is 3. The lowest BCUT2D eigenvalue weighted by Crippen LogP contribution is -2.53. The van der Waals surface area contributed by atoms with E-state index >= 15 is 0 Å². The quantitative estimate of drug-likeness (QED) is 0.839. The van der Waals surface area contributed by atoms with E-state index in [0.29, 0.717) is 23.8 Å². The lowest BCUT2D eigenvalue weighted by Gasteiger charge is -2.47. The van der Waals surface area contributed by atoms with E-state index in [9.17, 15) is 4.79 Å². The lowest BCUT2D eigenvalue weighted by atomic mass is 9.72. The molecule has 1 amide bonds. The number of amides is 1. The number of carbonyl (C=O) groups excluding carboxylic acids is 1. The monoisotopic (exact) mass is 355 g/mol. The largest absolute Gasteiger partial charge is 0.439 e. The molecule has 2 fully saturated rings. The Morgan fingerprint density at radius 3 is 2.85 bits per heavy atom. The molecule has 0 radical (unpaired) electrons. The van der Waals surface area contributed by atoms with Gasteiger partial charge in [-0.1, -0.05) is 43.1 Å². The molecule has 138 valence electrons. The van der Waals surface area contributed by atoms with Gasteiger partial charge in [-0.25, -0.2) is 0 Å². The number of ether oxygens (including phenoxy) is 1. The van der Waals surface area contributed by atoms with Crippen LogP contribution in [0.3, 0.4) is 0 Å². The van der Waals surface area contributed by atoms with Crippen LogP contribution in [0.25, 0.3) is 11.5 Å². The molecule has 0 bridgehead atoms. The molecule has 2 aliphatic rings. The van der Waals surface area contributed by atoms with Crippen molar-refractivity contribution in [3.8, 4) is 17.5 Å². The first-order chi connectivity index (χ1) is 12.7. The van der Waals surface area contributed by atoms with Crippen molar-refractivity contribution in [2.75, 3.05) is 13.2 Å². The molecule has 6 heteroatoms. The summed E-state index contributed by atoms with van der Waals surface area (Å²) in [5, 5.41) is 7.88. The van der Waals surface area contributed by atoms with Crippen LogP contribution in [-0.4, -0.2) is 40.2 Å². The second kappa shape index (κ2) is 7.48. The van der Waals surface area contributed by atoms with E-state index in [1.807, 2.05) is 35.2 Å². The Kier molecular flexibility index (Phi) is 4.91. The van der Waals surface area contributed by atoms with Crippen LogP contribution in [0.4, 0.5) is 0 Å². The minimum absolute atomic E-state index is 0.0215. The molecule has 1 aromatic heterocycles. The third kappa shape index (κ3) is 3.45. The summed E-state index contributed by atoms with van der Waals surface area (Å²) in [6.07, 6.45) is 5.96. The smallest absolute Gasteiger partial charge is 0.415 e. The molecule has 1 saturated carbocycles. The summed E-state index contributed by atoms with van der Waals surface area (Å²) in [5.41, 5.74) is 0.830. The topological polar surface area (TPSA) is 68.5 Å². The van der Waals surface area contributed by atoms with Crippen LogP contribution < -0.4 is 4.74 Å². The van der Waals surface area contributed by atoms with Crippen LogP contribution in [-0.2, 0) is 4.79 Å². The number of carbonyl (C=O) groups is 1. The van der Waals surface area contributed by atoms with Gasteiger partial charge < -0.3 is 14.1 Å². The first-order valence-electron chi connectivity index (χ1n) is 9.53. The third-order valence-electron chi connectivity index (χ3n) is 5.80. The Morgan fingerprint density at radius 1 is 1.19 bits per heavy atom. The van der Waals surface area contributed by atoms with Gasteiger partial charge in [-0.15, -0.1) is 5.10 Å². The summed E-state index contributed by atoms with van der Waals surface area (Å²) >= 11 is 0. The fourth-order valence-electron chi connectivity index (χ4n) is 4.39. The minimum Gasteiger partial charge on any atom is -0.439 e. The van der Waals surface area contributed by atoms with Crippen molar-refractivity contribution in [1.29, 1.82) is 0 Å². The zero-order chi connectivity index (χ0) is 17.9. The summed E-state index contributed by atoms with van der Waals surface area (Å²) < 4.78 is 11.0. The van der Waals surface area contributed by atoms with Gasteiger partial charge in [0.1, 0.15) is 0 Å². The van der Waals surface area contributed by atoms with Gasteiger partial charge in [-0.3, -0.25) is 4.79 Å². The molecule has 26 heavy (non-hydrogen) atoms. The van der Waals surface area contributed by atoms with Gasteiger partial charge >= 0.3 is 6.08 Å². The van der Waals surface area contributed by atoms with Crippen molar-refractivity contribution in [3.05, 3.63) is 30.3 Å². The third-order valence-corrected chi connectivity index (χ3v) is 5.80. The summed E-state index contributed by atoms with van der Waals surface area (Å²) in [6, 6.07) is 9.88. The maximum absolute atomic E-state index is 12.7. The number of rotatable bonds is 4. The van der Waals surface area contributed by atoms with E-state index in [1.54, 1.807) is 0 Å². The molecule has 1 saturated heterocycles. The maximum Gasteiger partial charge on any atom is 0.415 e. The second-order valence-corrected chi connectivity index (χ2v) is 7.40. The van der Waals surface area contributed by atoms with E-state index in [1.165, 1.54) is 19.3 Å². The molecule has 6 nitrogen and oxygen atoms in total. The van der Waals surface area contributed by atoms with Crippen molar-refractivity contribution in [2.24, 2.45) is 11.8 Å². The lowest BCUT2D eigenvalue weighted by molar-refractivity contribution is -0.141. The molecule has 2 aromatic rings. The Hall–Kier alpha value is -2.37. The van der Waals surface area contributed by atoms with Gasteiger partial charge in [-0.2, -0.15) is 0 Å². The predicted octanol–water partition coefficient (Wildman–Crippen LogP) is 3.54. The van der Waals surface area contributed by atoms with Crippen molar-refractivity contribution < 1.29 is 13.9 Å². The van der Waals surface area contributed by atoms with Crippen LogP contribution in [0.1, 0.15) is 39.0 Å². The van der Waals surface area contributed by atoms with E-state index in [4.69, 9.17) is 9.15 Å². The highest BCUT2D eigenvalue weighted by Crippen LogP contribution is 2.38. The van der Waals surface area contributed by atoms with Crippen molar-refractivity contribution >= 4 is 5.91 Å². The van der Waals surface area contributed by atoms with E-state index < -0.39 is 0 Å². The molecular formula is C20H25N3O3. The van der Waals surface area contributed by atoms with Crippen LogP contribution in [0, 0.1) is 11.8 Å². The zero-order valence-corrected chi connectivity index (χ0v) is 15.1. The Balaban J connectivity index is 1.37. The molecule has 1 aromatic carbocycles. The van der Waals surface area contributed by atoms with Gasteiger partial charge in [0.05, 0.1) is 0 Å². The Labute approximate surface area is 153 Å². The summed E-state index contributed by atoms with van der Waals surface area (Å²) in [7, 11) is 0. The van der Waals surface area contributed by atoms with E-state index in [0.717, 1.165) is 24.9 Å². The zero-order valence-electron chi connectivity index (χ0n) is 15.1. The number of aromatic nitrogens is 2. The number of piperidine rings is 1. The number of benzene rings is 1. The molecule has 1 aliphatic heterocycles. The van der Waals surface area contributed by atoms with Gasteiger partial charge in [0.2, 0.25) is 0 Å². The average Bonchev–Trinajstić information content (AvgIpc) is 3.16. The number of fused-ring (bicyclic) bond motifs is 1. The van der Waals surface area contributed by atoms with Crippen LogP contribution in [0.2, 0.25) is 0 Å². The average molecular weight is 355 g/mol.